The summed E-state index contributed by atoms with van der Waals surface area (Å²) < 4.78 is 1.85. The molecule has 2 atom stereocenters. The Balaban J connectivity index is 1.47. The van der Waals surface area contributed by atoms with Crippen molar-refractivity contribution in [2.75, 3.05) is 26.2 Å². The van der Waals surface area contributed by atoms with Crippen LogP contribution in [0.5, 0.6) is 0 Å². The second-order valence-corrected chi connectivity index (χ2v) is 7.11. The largest absolute Gasteiger partial charge is 0.354 e. The zero-order chi connectivity index (χ0) is 16.2. The quantitative estimate of drug-likeness (QED) is 0.845. The summed E-state index contributed by atoms with van der Waals surface area (Å²) >= 11 is 6.20. The number of carbonyl (C=O) groups is 1. The zero-order valence-corrected chi connectivity index (χ0v) is 14.5. The van der Waals surface area contributed by atoms with E-state index in [9.17, 15) is 4.79 Å². The fourth-order valence-electron chi connectivity index (χ4n) is 3.56. The molecule has 2 aliphatic heterocycles. The van der Waals surface area contributed by atoms with E-state index in [1.54, 1.807) is 6.20 Å². The average Bonchev–Trinajstić information content (AvgIpc) is 3.19. The monoisotopic (exact) mass is 339 g/mol. The van der Waals surface area contributed by atoms with E-state index in [0.717, 1.165) is 62.7 Å². The first-order chi connectivity index (χ1) is 11.1. The summed E-state index contributed by atoms with van der Waals surface area (Å²) in [4.78, 5) is 14.5. The van der Waals surface area contributed by atoms with Crippen LogP contribution in [0.4, 0.5) is 0 Å². The molecule has 6 nitrogen and oxygen atoms in total. The molecule has 0 saturated carbocycles. The van der Waals surface area contributed by atoms with Crippen LogP contribution in [0.25, 0.3) is 0 Å². The molecule has 2 fully saturated rings. The second kappa shape index (κ2) is 7.64. The summed E-state index contributed by atoms with van der Waals surface area (Å²) in [5.74, 6) is 0.676. The Morgan fingerprint density at radius 1 is 1.48 bits per heavy atom. The number of rotatable bonds is 5. The molecule has 3 heterocycles. The molecule has 2 N–H and O–H groups in total. The van der Waals surface area contributed by atoms with Crippen molar-refractivity contribution in [3.63, 3.8) is 0 Å². The molecule has 0 aromatic carbocycles. The maximum absolute atomic E-state index is 12.1. The number of piperidine rings is 1. The summed E-state index contributed by atoms with van der Waals surface area (Å²) in [5.41, 5.74) is 1.06. The third-order valence-electron chi connectivity index (χ3n) is 4.93. The Morgan fingerprint density at radius 3 is 3.04 bits per heavy atom. The fourth-order valence-corrected chi connectivity index (χ4v) is 3.79. The van der Waals surface area contributed by atoms with Gasteiger partial charge in [0.25, 0.3) is 0 Å². The molecule has 0 radical (unpaired) electrons. The predicted molar refractivity (Wildman–Crippen MR) is 90.3 cm³/mol. The number of hydrogen-bond acceptors (Lipinski definition) is 4. The van der Waals surface area contributed by atoms with Gasteiger partial charge in [-0.2, -0.15) is 5.10 Å². The van der Waals surface area contributed by atoms with Gasteiger partial charge in [0.15, 0.2) is 0 Å². The van der Waals surface area contributed by atoms with Gasteiger partial charge in [-0.3, -0.25) is 14.4 Å². The van der Waals surface area contributed by atoms with Crippen LogP contribution in [0.15, 0.2) is 6.20 Å². The summed E-state index contributed by atoms with van der Waals surface area (Å²) in [6.45, 7) is 4.63. The average molecular weight is 340 g/mol. The Bertz CT molecular complexity index is 521. The summed E-state index contributed by atoms with van der Waals surface area (Å²) in [7, 11) is 1.93. The van der Waals surface area contributed by atoms with E-state index in [0.29, 0.717) is 5.92 Å². The van der Waals surface area contributed by atoms with Crippen LogP contribution >= 0.6 is 11.6 Å². The normalized spacial score (nSPS) is 25.7. The van der Waals surface area contributed by atoms with Crippen molar-refractivity contribution in [2.45, 2.75) is 38.3 Å². The van der Waals surface area contributed by atoms with E-state index in [-0.39, 0.29) is 11.9 Å². The molecule has 2 aliphatic rings. The molecule has 2 unspecified atom stereocenters. The van der Waals surface area contributed by atoms with Gasteiger partial charge in [0.1, 0.15) is 0 Å². The van der Waals surface area contributed by atoms with Crippen LogP contribution in [-0.4, -0.2) is 52.8 Å². The van der Waals surface area contributed by atoms with Gasteiger partial charge in [0.2, 0.25) is 5.91 Å². The van der Waals surface area contributed by atoms with Crippen molar-refractivity contribution in [1.82, 2.24) is 25.3 Å². The van der Waals surface area contributed by atoms with Crippen molar-refractivity contribution in [3.05, 3.63) is 16.9 Å². The molecule has 0 spiro atoms. The van der Waals surface area contributed by atoms with Crippen LogP contribution in [-0.2, 0) is 18.4 Å². The molecule has 1 aromatic rings. The minimum absolute atomic E-state index is 0.0166. The molecule has 23 heavy (non-hydrogen) atoms. The third kappa shape index (κ3) is 4.25. The van der Waals surface area contributed by atoms with Crippen molar-refractivity contribution in [3.8, 4) is 0 Å². The van der Waals surface area contributed by atoms with Gasteiger partial charge in [-0.25, -0.2) is 0 Å². The molecular formula is C16H26ClN5O. The van der Waals surface area contributed by atoms with E-state index in [2.05, 4.69) is 20.6 Å². The van der Waals surface area contributed by atoms with Crippen molar-refractivity contribution >= 4 is 17.5 Å². The molecule has 1 aromatic heterocycles. The van der Waals surface area contributed by atoms with Gasteiger partial charge < -0.3 is 10.6 Å². The molecule has 128 valence electrons. The van der Waals surface area contributed by atoms with E-state index >= 15 is 0 Å². The summed E-state index contributed by atoms with van der Waals surface area (Å²) in [6.07, 6.45) is 6.10. The Kier molecular flexibility index (Phi) is 5.56. The van der Waals surface area contributed by atoms with Crippen LogP contribution < -0.4 is 10.6 Å². The molecule has 0 aliphatic carbocycles. The minimum atomic E-state index is 0.0166. The lowest BCUT2D eigenvalue weighted by Gasteiger charge is -2.33. The summed E-state index contributed by atoms with van der Waals surface area (Å²) in [6, 6.07) is 0.0166. The molecular weight excluding hydrogens is 314 g/mol. The molecule has 1 amide bonds. The number of hydrogen-bond donors (Lipinski definition) is 2. The highest BCUT2D eigenvalue weighted by atomic mass is 35.5. The molecule has 7 heteroatoms. The SMILES string of the molecule is Cn1ncc(Cl)c1CN1CCCC(CNC(=O)C2CCCN2)C1. The topological polar surface area (TPSA) is 62.2 Å². The smallest absolute Gasteiger partial charge is 0.237 e. The Morgan fingerprint density at radius 2 is 2.35 bits per heavy atom. The Hall–Kier alpha value is -1.11. The number of aromatic nitrogens is 2. The van der Waals surface area contributed by atoms with Gasteiger partial charge in [-0.15, -0.1) is 0 Å². The van der Waals surface area contributed by atoms with Crippen molar-refractivity contribution in [2.24, 2.45) is 13.0 Å². The number of nitrogens with zero attached hydrogens (tertiary/aromatic N) is 3. The maximum atomic E-state index is 12.1. The molecule has 0 bridgehead atoms. The highest BCUT2D eigenvalue weighted by molar-refractivity contribution is 6.31. The van der Waals surface area contributed by atoms with Gasteiger partial charge in [-0.1, -0.05) is 11.6 Å². The van der Waals surface area contributed by atoms with Gasteiger partial charge in [0, 0.05) is 26.7 Å². The second-order valence-electron chi connectivity index (χ2n) is 6.70. The lowest BCUT2D eigenvalue weighted by Crippen LogP contribution is -2.45. The lowest BCUT2D eigenvalue weighted by molar-refractivity contribution is -0.123. The standard InChI is InChI=1S/C16H26ClN5O/c1-21-15(13(17)9-20-21)11-22-7-3-4-12(10-22)8-19-16(23)14-5-2-6-18-14/h9,12,14,18H,2-8,10-11H2,1H3,(H,19,23). The van der Waals surface area contributed by atoms with Crippen LogP contribution in [0.3, 0.4) is 0 Å². The summed E-state index contributed by atoms with van der Waals surface area (Å²) in [5, 5.41) is 11.3. The zero-order valence-electron chi connectivity index (χ0n) is 13.7. The first-order valence-corrected chi connectivity index (χ1v) is 8.91. The minimum Gasteiger partial charge on any atom is -0.354 e. The van der Waals surface area contributed by atoms with Crippen molar-refractivity contribution in [1.29, 1.82) is 0 Å². The van der Waals surface area contributed by atoms with Crippen LogP contribution in [0, 0.1) is 5.92 Å². The van der Waals surface area contributed by atoms with E-state index < -0.39 is 0 Å². The fraction of sp³-hybridized carbons (Fsp3) is 0.750. The molecule has 3 rings (SSSR count). The highest BCUT2D eigenvalue weighted by Crippen LogP contribution is 2.21. The highest BCUT2D eigenvalue weighted by Gasteiger charge is 2.25. The van der Waals surface area contributed by atoms with Crippen LogP contribution in [0.1, 0.15) is 31.4 Å². The predicted octanol–water partition coefficient (Wildman–Crippen LogP) is 1.15. The molecule has 2 saturated heterocycles. The van der Waals surface area contributed by atoms with Crippen LogP contribution in [0.2, 0.25) is 5.02 Å². The number of halogens is 1. The third-order valence-corrected chi connectivity index (χ3v) is 5.24. The first-order valence-electron chi connectivity index (χ1n) is 8.53. The number of aryl methyl sites for hydroxylation is 1. The van der Waals surface area contributed by atoms with Gasteiger partial charge in [0.05, 0.1) is 23.0 Å². The maximum Gasteiger partial charge on any atom is 0.237 e. The van der Waals surface area contributed by atoms with E-state index in [1.165, 1.54) is 6.42 Å². The first kappa shape index (κ1) is 16.7. The van der Waals surface area contributed by atoms with E-state index in [4.69, 9.17) is 11.6 Å². The number of amides is 1. The lowest BCUT2D eigenvalue weighted by atomic mass is 9.97. The van der Waals surface area contributed by atoms with E-state index in [1.807, 2.05) is 11.7 Å². The van der Waals surface area contributed by atoms with Gasteiger partial charge in [-0.05, 0) is 44.7 Å². The number of nitrogens with one attached hydrogen (secondary N) is 2. The number of likely N-dealkylation sites (tertiary alicyclic amines) is 1. The van der Waals surface area contributed by atoms with Crippen molar-refractivity contribution < 1.29 is 4.79 Å². The van der Waals surface area contributed by atoms with Gasteiger partial charge >= 0.3 is 0 Å². The Labute approximate surface area is 142 Å². The number of carbonyl (C=O) groups excluding carboxylic acids is 1.